The number of ether oxygens (including phenoxy) is 2. The summed E-state index contributed by atoms with van der Waals surface area (Å²) in [5, 5.41) is 2.78. The molecule has 5 nitrogen and oxygen atoms in total. The summed E-state index contributed by atoms with van der Waals surface area (Å²) < 4.78 is 10.1. The highest BCUT2D eigenvalue weighted by Crippen LogP contribution is 2.16. The van der Waals surface area contributed by atoms with E-state index in [1.54, 1.807) is 62.8 Å². The number of anilines is 1. The van der Waals surface area contributed by atoms with Crippen LogP contribution in [0.4, 0.5) is 5.69 Å². The van der Waals surface area contributed by atoms with Crippen molar-refractivity contribution in [2.24, 2.45) is 0 Å². The first-order valence-electron chi connectivity index (χ1n) is 7.31. The number of hydrogen-bond acceptors (Lipinski definition) is 5. The van der Waals surface area contributed by atoms with Gasteiger partial charge in [-0.15, -0.1) is 11.8 Å². The summed E-state index contributed by atoms with van der Waals surface area (Å²) in [5.41, 5.74) is 1.31. The lowest BCUT2D eigenvalue weighted by Gasteiger charge is -2.06. The van der Waals surface area contributed by atoms with Crippen molar-refractivity contribution in [3.63, 3.8) is 0 Å². The smallest absolute Gasteiger partial charge is 0.234 e. The van der Waals surface area contributed by atoms with E-state index in [0.717, 1.165) is 5.75 Å². The maximum absolute atomic E-state index is 12.0. The number of carbonyl (C=O) groups excluding carboxylic acids is 2. The first-order valence-corrected chi connectivity index (χ1v) is 8.46. The minimum atomic E-state index is -0.146. The first kappa shape index (κ1) is 17.9. The maximum Gasteiger partial charge on any atom is 0.234 e. The number of nitrogens with one attached hydrogen (secondary N) is 1. The van der Waals surface area contributed by atoms with Crippen molar-refractivity contribution in [3.05, 3.63) is 54.1 Å². The van der Waals surface area contributed by atoms with Crippen LogP contribution in [0.25, 0.3) is 0 Å². The van der Waals surface area contributed by atoms with Crippen LogP contribution in [0.15, 0.2) is 48.5 Å². The second-order valence-corrected chi connectivity index (χ2v) is 5.91. The Bertz CT molecular complexity index is 683. The molecule has 24 heavy (non-hydrogen) atoms. The number of rotatable bonds is 8. The van der Waals surface area contributed by atoms with Gasteiger partial charge in [-0.1, -0.05) is 0 Å². The molecule has 0 unspecified atom stereocenters. The highest BCUT2D eigenvalue weighted by atomic mass is 32.2. The van der Waals surface area contributed by atoms with Gasteiger partial charge >= 0.3 is 0 Å². The summed E-state index contributed by atoms with van der Waals surface area (Å²) in [6, 6.07) is 14.0. The molecule has 0 bridgehead atoms. The second kappa shape index (κ2) is 8.98. The van der Waals surface area contributed by atoms with E-state index in [0.29, 0.717) is 17.0 Å². The molecule has 6 heteroatoms. The minimum Gasteiger partial charge on any atom is -0.497 e. The molecule has 0 saturated carbocycles. The van der Waals surface area contributed by atoms with Crippen LogP contribution in [-0.2, 0) is 4.79 Å². The zero-order chi connectivity index (χ0) is 17.4. The van der Waals surface area contributed by atoms with Crippen molar-refractivity contribution in [1.82, 2.24) is 0 Å². The molecule has 0 atom stereocenters. The standard InChI is InChI=1S/C18H19NO4S/c1-22-15-7-3-13(4-8-15)17(20)11-24-12-18(21)19-14-5-9-16(23-2)10-6-14/h3-10H,11-12H2,1-2H3,(H,19,21). The molecule has 2 rings (SSSR count). The van der Waals surface area contributed by atoms with Gasteiger partial charge in [0.05, 0.1) is 25.7 Å². The Morgan fingerprint density at radius 3 is 1.96 bits per heavy atom. The van der Waals surface area contributed by atoms with E-state index < -0.39 is 0 Å². The maximum atomic E-state index is 12.0. The fourth-order valence-electron chi connectivity index (χ4n) is 1.97. The molecule has 2 aromatic rings. The lowest BCUT2D eigenvalue weighted by Crippen LogP contribution is -2.15. The van der Waals surface area contributed by atoms with Gasteiger partial charge in [-0.3, -0.25) is 9.59 Å². The van der Waals surface area contributed by atoms with Crippen LogP contribution in [0.3, 0.4) is 0 Å². The third-order valence-electron chi connectivity index (χ3n) is 3.25. The third-order valence-corrected chi connectivity index (χ3v) is 4.18. The van der Waals surface area contributed by atoms with Crippen LogP contribution in [0.1, 0.15) is 10.4 Å². The van der Waals surface area contributed by atoms with Crippen molar-refractivity contribution >= 4 is 29.1 Å². The number of ketones is 1. The molecule has 0 heterocycles. The summed E-state index contributed by atoms with van der Waals surface area (Å²) >= 11 is 1.28. The molecular weight excluding hydrogens is 326 g/mol. The minimum absolute atomic E-state index is 0.0140. The predicted octanol–water partition coefficient (Wildman–Crippen LogP) is 3.26. The van der Waals surface area contributed by atoms with Gasteiger partial charge in [-0.05, 0) is 48.5 Å². The molecule has 2 aromatic carbocycles. The van der Waals surface area contributed by atoms with Gasteiger partial charge in [-0.2, -0.15) is 0 Å². The molecule has 0 aliphatic rings. The van der Waals surface area contributed by atoms with Crippen molar-refractivity contribution in [2.45, 2.75) is 0 Å². The zero-order valence-electron chi connectivity index (χ0n) is 13.6. The van der Waals surface area contributed by atoms with Crippen molar-refractivity contribution < 1.29 is 19.1 Å². The highest BCUT2D eigenvalue weighted by Gasteiger charge is 2.09. The summed E-state index contributed by atoms with van der Waals surface area (Å²) in [5.74, 6) is 1.74. The Labute approximate surface area is 145 Å². The Kier molecular flexibility index (Phi) is 6.69. The van der Waals surface area contributed by atoms with E-state index in [1.807, 2.05) is 0 Å². The van der Waals surface area contributed by atoms with Crippen LogP contribution in [0, 0.1) is 0 Å². The summed E-state index contributed by atoms with van der Waals surface area (Å²) in [6.07, 6.45) is 0. The highest BCUT2D eigenvalue weighted by molar-refractivity contribution is 8.00. The normalized spacial score (nSPS) is 10.1. The fraction of sp³-hybridized carbons (Fsp3) is 0.222. The quantitative estimate of drug-likeness (QED) is 0.744. The summed E-state index contributed by atoms with van der Waals surface area (Å²) in [4.78, 5) is 23.9. The third kappa shape index (κ3) is 5.31. The lowest BCUT2D eigenvalue weighted by atomic mass is 10.1. The largest absolute Gasteiger partial charge is 0.497 e. The van der Waals surface area contributed by atoms with Gasteiger partial charge in [0.2, 0.25) is 5.91 Å². The summed E-state index contributed by atoms with van der Waals surface area (Å²) in [6.45, 7) is 0. The number of methoxy groups -OCH3 is 2. The predicted molar refractivity (Wildman–Crippen MR) is 96.3 cm³/mol. The van der Waals surface area contributed by atoms with Gasteiger partial charge in [-0.25, -0.2) is 0 Å². The fourth-order valence-corrected chi connectivity index (χ4v) is 2.68. The molecule has 126 valence electrons. The van der Waals surface area contributed by atoms with Gasteiger partial charge in [0.15, 0.2) is 5.78 Å². The van der Waals surface area contributed by atoms with E-state index in [1.165, 1.54) is 11.8 Å². The van der Waals surface area contributed by atoms with Crippen molar-refractivity contribution in [1.29, 1.82) is 0 Å². The van der Waals surface area contributed by atoms with E-state index in [-0.39, 0.29) is 23.2 Å². The monoisotopic (exact) mass is 345 g/mol. The number of thioether (sulfide) groups is 1. The SMILES string of the molecule is COc1ccc(NC(=O)CSCC(=O)c2ccc(OC)cc2)cc1. The summed E-state index contributed by atoms with van der Waals surface area (Å²) in [7, 11) is 3.16. The van der Waals surface area contributed by atoms with Crippen molar-refractivity contribution in [3.8, 4) is 11.5 Å². The molecular formula is C18H19NO4S. The Morgan fingerprint density at radius 2 is 1.42 bits per heavy atom. The molecule has 0 aliphatic carbocycles. The van der Waals surface area contributed by atoms with Crippen LogP contribution in [-0.4, -0.2) is 37.4 Å². The molecule has 0 spiro atoms. The van der Waals surface area contributed by atoms with Crippen LogP contribution in [0.2, 0.25) is 0 Å². The van der Waals surface area contributed by atoms with E-state index >= 15 is 0 Å². The molecule has 1 amide bonds. The van der Waals surface area contributed by atoms with E-state index in [9.17, 15) is 9.59 Å². The first-order chi connectivity index (χ1) is 11.6. The molecule has 0 fully saturated rings. The molecule has 0 aliphatic heterocycles. The number of benzene rings is 2. The lowest BCUT2D eigenvalue weighted by molar-refractivity contribution is -0.113. The molecule has 0 saturated heterocycles. The zero-order valence-corrected chi connectivity index (χ0v) is 14.4. The van der Waals surface area contributed by atoms with Gasteiger partial charge in [0.1, 0.15) is 11.5 Å². The van der Waals surface area contributed by atoms with E-state index in [2.05, 4.69) is 5.32 Å². The molecule has 1 N–H and O–H groups in total. The van der Waals surface area contributed by atoms with Gasteiger partial charge in [0, 0.05) is 11.3 Å². The number of amides is 1. The van der Waals surface area contributed by atoms with Gasteiger partial charge in [0.25, 0.3) is 0 Å². The molecule has 0 radical (unpaired) electrons. The van der Waals surface area contributed by atoms with Crippen LogP contribution in [0.5, 0.6) is 11.5 Å². The number of Topliss-reactive ketones (excluding diaryl/α,β-unsaturated/α-hetero) is 1. The van der Waals surface area contributed by atoms with Crippen molar-refractivity contribution in [2.75, 3.05) is 31.0 Å². The second-order valence-electron chi connectivity index (χ2n) is 4.92. The number of hydrogen-bond donors (Lipinski definition) is 1. The Hall–Kier alpha value is -2.47. The van der Waals surface area contributed by atoms with Crippen LogP contribution < -0.4 is 14.8 Å². The van der Waals surface area contributed by atoms with Crippen LogP contribution >= 0.6 is 11.8 Å². The average Bonchev–Trinajstić information content (AvgIpc) is 2.62. The Balaban J connectivity index is 1.75. The van der Waals surface area contributed by atoms with E-state index in [4.69, 9.17) is 9.47 Å². The Morgan fingerprint density at radius 1 is 0.875 bits per heavy atom. The molecule has 0 aromatic heterocycles. The number of carbonyl (C=O) groups is 2. The topological polar surface area (TPSA) is 64.6 Å². The average molecular weight is 345 g/mol. The van der Waals surface area contributed by atoms with Gasteiger partial charge < -0.3 is 14.8 Å².